The predicted octanol–water partition coefficient (Wildman–Crippen LogP) is 1.43. The van der Waals surface area contributed by atoms with E-state index in [-0.39, 0.29) is 16.9 Å². The molecule has 2 aromatic carbocycles. The Morgan fingerprint density at radius 2 is 0.983 bits per heavy atom. The largest absolute Gasteiger partial charge is 0.497 e. The molecule has 2 aromatic rings. The zero-order valence-corrected chi connectivity index (χ0v) is 33.0. The second-order valence-corrected chi connectivity index (χ2v) is 13.4. The number of methoxy groups -OCH3 is 1. The summed E-state index contributed by atoms with van der Waals surface area (Å²) in [6.45, 7) is 5.09. The first kappa shape index (κ1) is 44.0. The summed E-state index contributed by atoms with van der Waals surface area (Å²) in [5, 5.41) is 0. The van der Waals surface area contributed by atoms with E-state index >= 15 is 0 Å². The fourth-order valence-electron chi connectivity index (χ4n) is 6.80. The van der Waals surface area contributed by atoms with Gasteiger partial charge in [0.15, 0.2) is 30.7 Å². The molecule has 20 heteroatoms. The van der Waals surface area contributed by atoms with E-state index in [1.165, 1.54) is 31.4 Å². The zero-order valence-electron chi connectivity index (χ0n) is 33.0. The highest BCUT2D eigenvalue weighted by Gasteiger charge is 2.60. The number of benzene rings is 2. The molecule has 5 rings (SSSR count). The Hall–Kier alpha value is -6.12. The van der Waals surface area contributed by atoms with E-state index in [4.69, 9.17) is 52.1 Å². The highest BCUT2D eigenvalue weighted by atomic mass is 16.8. The zero-order chi connectivity index (χ0) is 43.1. The van der Waals surface area contributed by atoms with Crippen molar-refractivity contribution in [1.82, 2.24) is 4.90 Å². The number of rotatable bonds is 14. The van der Waals surface area contributed by atoms with Gasteiger partial charge in [-0.2, -0.15) is 0 Å². The molecule has 0 radical (unpaired) electrons. The summed E-state index contributed by atoms with van der Waals surface area (Å²) in [6.07, 6.45) is -15.0. The first-order valence-electron chi connectivity index (χ1n) is 18.2. The third kappa shape index (κ3) is 10.5. The van der Waals surface area contributed by atoms with Gasteiger partial charge in [0, 0.05) is 41.5 Å². The number of amides is 2. The van der Waals surface area contributed by atoms with Crippen molar-refractivity contribution >= 4 is 47.6 Å². The molecule has 318 valence electrons. The van der Waals surface area contributed by atoms with Gasteiger partial charge in [-0.3, -0.25) is 43.3 Å². The average Bonchev–Trinajstić information content (AvgIpc) is 3.41. The standard InChI is InChI=1S/C39H43NO19/c1-18(41)50-16-28-31(59-39-35(55-23(6)46)34(54-22(5)45)32(52-20(3)43)29(58-39)17-51-19(2)42)33(53-21(4)44)30(38(57-28)56-25-14-12-24(49-7)13-15-25)40-36(47)26-10-8-9-11-27(26)37(40)48/h8-15,28-35,38-39H,16-17H2,1-7H3/t28-,29-,30-,31-,32-,33-,34+,35-,38-,39+/m1/s1. The van der Waals surface area contributed by atoms with Gasteiger partial charge in [0.05, 0.1) is 18.2 Å². The highest BCUT2D eigenvalue weighted by Crippen LogP contribution is 2.39. The Morgan fingerprint density at radius 1 is 0.542 bits per heavy atom. The molecule has 2 fully saturated rings. The van der Waals surface area contributed by atoms with E-state index in [9.17, 15) is 38.4 Å². The van der Waals surface area contributed by atoms with E-state index in [1.807, 2.05) is 0 Å². The molecular weight excluding hydrogens is 786 g/mol. The second-order valence-electron chi connectivity index (χ2n) is 13.4. The first-order valence-corrected chi connectivity index (χ1v) is 18.2. The molecule has 3 aliphatic rings. The number of fused-ring (bicyclic) bond motifs is 1. The number of esters is 6. The summed E-state index contributed by atoms with van der Waals surface area (Å²) in [7, 11) is 1.45. The summed E-state index contributed by atoms with van der Waals surface area (Å²) in [6, 6.07) is 10.4. The fourth-order valence-corrected chi connectivity index (χ4v) is 6.80. The molecule has 0 spiro atoms. The van der Waals surface area contributed by atoms with E-state index < -0.39 is 122 Å². The molecule has 3 aliphatic heterocycles. The molecule has 0 N–H and O–H groups in total. The Morgan fingerprint density at radius 3 is 1.47 bits per heavy atom. The Labute approximate surface area is 337 Å². The molecule has 3 heterocycles. The predicted molar refractivity (Wildman–Crippen MR) is 192 cm³/mol. The molecule has 2 amide bonds. The van der Waals surface area contributed by atoms with Crippen LogP contribution in [-0.4, -0.2) is 134 Å². The third-order valence-electron chi connectivity index (χ3n) is 9.04. The van der Waals surface area contributed by atoms with Crippen LogP contribution in [0.5, 0.6) is 11.5 Å². The summed E-state index contributed by atoms with van der Waals surface area (Å²) in [4.78, 5) is 104. The normalized spacial score (nSPS) is 27.4. The van der Waals surface area contributed by atoms with Crippen molar-refractivity contribution < 1.29 is 90.5 Å². The maximum Gasteiger partial charge on any atom is 0.303 e. The van der Waals surface area contributed by atoms with Crippen LogP contribution in [0.3, 0.4) is 0 Å². The molecule has 0 bridgehead atoms. The number of imide groups is 1. The van der Waals surface area contributed by atoms with Gasteiger partial charge >= 0.3 is 35.8 Å². The van der Waals surface area contributed by atoms with E-state index in [2.05, 4.69) is 0 Å². The lowest BCUT2D eigenvalue weighted by molar-refractivity contribution is -0.348. The van der Waals surface area contributed by atoms with Crippen molar-refractivity contribution in [2.75, 3.05) is 20.3 Å². The lowest BCUT2D eigenvalue weighted by atomic mass is 9.93. The molecular formula is C39H43NO19. The Bertz CT molecular complexity index is 1900. The molecule has 2 saturated heterocycles. The number of ether oxygens (including phenoxy) is 11. The maximum absolute atomic E-state index is 14.1. The monoisotopic (exact) mass is 829 g/mol. The van der Waals surface area contributed by atoms with E-state index in [1.54, 1.807) is 24.3 Å². The molecule has 0 aliphatic carbocycles. The summed E-state index contributed by atoms with van der Waals surface area (Å²) >= 11 is 0. The minimum absolute atomic E-state index is 0.0152. The van der Waals surface area contributed by atoms with Crippen LogP contribution in [0.2, 0.25) is 0 Å². The van der Waals surface area contributed by atoms with Crippen LogP contribution in [0.1, 0.15) is 62.3 Å². The third-order valence-corrected chi connectivity index (χ3v) is 9.04. The summed E-state index contributed by atoms with van der Waals surface area (Å²) in [5.41, 5.74) is 0.0303. The number of nitrogens with zero attached hydrogens (tertiary/aromatic N) is 1. The molecule has 10 atom stereocenters. The lowest BCUT2D eigenvalue weighted by Crippen LogP contribution is -2.70. The smallest absolute Gasteiger partial charge is 0.303 e. The molecule has 0 unspecified atom stereocenters. The van der Waals surface area contributed by atoms with Gasteiger partial charge in [-0.1, -0.05) is 12.1 Å². The van der Waals surface area contributed by atoms with Crippen molar-refractivity contribution in [2.45, 2.75) is 103 Å². The minimum Gasteiger partial charge on any atom is -0.497 e. The number of hydrogen-bond acceptors (Lipinski definition) is 19. The van der Waals surface area contributed by atoms with Gasteiger partial charge in [-0.05, 0) is 36.4 Å². The van der Waals surface area contributed by atoms with Crippen LogP contribution >= 0.6 is 0 Å². The van der Waals surface area contributed by atoms with Gasteiger partial charge in [0.1, 0.15) is 49.1 Å². The van der Waals surface area contributed by atoms with Gasteiger partial charge in [-0.25, -0.2) is 0 Å². The van der Waals surface area contributed by atoms with Gasteiger partial charge < -0.3 is 52.1 Å². The van der Waals surface area contributed by atoms with Crippen LogP contribution in [-0.2, 0) is 71.4 Å². The van der Waals surface area contributed by atoms with Gasteiger partial charge in [0.25, 0.3) is 11.8 Å². The summed E-state index contributed by atoms with van der Waals surface area (Å²) < 4.78 is 63.5. The Balaban J connectivity index is 1.67. The van der Waals surface area contributed by atoms with Crippen molar-refractivity contribution in [3.63, 3.8) is 0 Å². The minimum atomic E-state index is -1.89. The molecule has 20 nitrogen and oxygen atoms in total. The summed E-state index contributed by atoms with van der Waals surface area (Å²) in [5.74, 6) is -6.28. The molecule has 0 saturated carbocycles. The number of carbonyl (C=O) groups excluding carboxylic acids is 8. The highest BCUT2D eigenvalue weighted by molar-refractivity contribution is 6.21. The molecule has 0 aromatic heterocycles. The van der Waals surface area contributed by atoms with E-state index in [0.29, 0.717) is 5.75 Å². The van der Waals surface area contributed by atoms with Crippen LogP contribution in [0.4, 0.5) is 0 Å². The fraction of sp³-hybridized carbons (Fsp3) is 0.487. The van der Waals surface area contributed by atoms with Crippen molar-refractivity contribution in [2.24, 2.45) is 0 Å². The van der Waals surface area contributed by atoms with Gasteiger partial charge in [0.2, 0.25) is 6.29 Å². The number of hydrogen-bond donors (Lipinski definition) is 0. The van der Waals surface area contributed by atoms with Gasteiger partial charge in [-0.15, -0.1) is 0 Å². The van der Waals surface area contributed by atoms with Crippen molar-refractivity contribution in [3.05, 3.63) is 59.7 Å². The topological polar surface area (TPSA) is 241 Å². The van der Waals surface area contributed by atoms with E-state index in [0.717, 1.165) is 46.4 Å². The average molecular weight is 830 g/mol. The lowest BCUT2D eigenvalue weighted by Gasteiger charge is -2.50. The maximum atomic E-state index is 14.1. The Kier molecular flexibility index (Phi) is 14.2. The van der Waals surface area contributed by atoms with Crippen LogP contribution in [0.15, 0.2) is 48.5 Å². The molecule has 59 heavy (non-hydrogen) atoms. The van der Waals surface area contributed by atoms with Crippen molar-refractivity contribution in [1.29, 1.82) is 0 Å². The first-order chi connectivity index (χ1) is 28.0. The number of carbonyl (C=O) groups is 8. The van der Waals surface area contributed by atoms with Crippen LogP contribution < -0.4 is 9.47 Å². The SMILES string of the molecule is COc1ccc(O[C@@H]2O[C@H](COC(C)=O)[C@@H](O[C@@H]3O[C@H](COC(C)=O)[C@@H](OC(C)=O)[C@H](OC(C)=O)[C@H]3OC(C)=O)[C@H](OC(C)=O)[C@H]2N2C(=O)c3ccccc3C2=O)cc1. The quantitative estimate of drug-likeness (QED) is 0.149. The van der Waals surface area contributed by atoms with Crippen molar-refractivity contribution in [3.8, 4) is 11.5 Å². The van der Waals surface area contributed by atoms with Crippen LogP contribution in [0.25, 0.3) is 0 Å². The second kappa shape index (κ2) is 19.1. The van der Waals surface area contributed by atoms with Crippen LogP contribution in [0, 0.1) is 0 Å².